The third-order valence-corrected chi connectivity index (χ3v) is 3.59. The fraction of sp³-hybridized carbons (Fsp3) is 0. The molecule has 3 rings (SSSR count). The van der Waals surface area contributed by atoms with E-state index in [-0.39, 0.29) is 17.1 Å². The highest BCUT2D eigenvalue weighted by molar-refractivity contribution is 5.91. The predicted octanol–water partition coefficient (Wildman–Crippen LogP) is 4.70. The molecule has 0 aliphatic heterocycles. The standard InChI is InChI=1S/C20H13FN2O4/c21-16-5-7-17(8-6-16)22-13-14-1-11-19(12-2-14)27-20(24)15-3-9-18(10-4-15)23(25)26/h1-13H. The number of rotatable bonds is 5. The highest BCUT2D eigenvalue weighted by Gasteiger charge is 2.11. The van der Waals surface area contributed by atoms with Gasteiger partial charge in [-0.15, -0.1) is 0 Å². The SMILES string of the molecule is O=C(Oc1ccc(C=Nc2ccc(F)cc2)cc1)c1ccc([N+](=O)[O-])cc1. The van der Waals surface area contributed by atoms with Gasteiger partial charge in [0, 0.05) is 18.3 Å². The lowest BCUT2D eigenvalue weighted by molar-refractivity contribution is -0.384. The third-order valence-electron chi connectivity index (χ3n) is 3.59. The van der Waals surface area contributed by atoms with Crippen LogP contribution in [0.2, 0.25) is 0 Å². The molecule has 0 spiro atoms. The van der Waals surface area contributed by atoms with E-state index in [0.29, 0.717) is 11.4 Å². The van der Waals surface area contributed by atoms with E-state index in [0.717, 1.165) is 5.56 Å². The quantitative estimate of drug-likeness (QED) is 0.216. The van der Waals surface area contributed by atoms with Crippen LogP contribution in [0.4, 0.5) is 15.8 Å². The molecule has 0 amide bonds. The Morgan fingerprint density at radius 3 is 2.19 bits per heavy atom. The van der Waals surface area contributed by atoms with Crippen molar-refractivity contribution in [2.45, 2.75) is 0 Å². The number of nitro groups is 1. The molecule has 3 aromatic carbocycles. The van der Waals surface area contributed by atoms with E-state index in [2.05, 4.69) is 4.99 Å². The lowest BCUT2D eigenvalue weighted by Gasteiger charge is -2.04. The second-order valence-electron chi connectivity index (χ2n) is 5.50. The van der Waals surface area contributed by atoms with Crippen LogP contribution in [0.3, 0.4) is 0 Å². The van der Waals surface area contributed by atoms with Crippen LogP contribution in [0.15, 0.2) is 77.8 Å². The molecule has 7 heteroatoms. The van der Waals surface area contributed by atoms with Gasteiger partial charge in [-0.1, -0.05) is 0 Å². The molecule has 0 atom stereocenters. The molecule has 0 unspecified atom stereocenters. The van der Waals surface area contributed by atoms with Crippen LogP contribution in [0, 0.1) is 15.9 Å². The van der Waals surface area contributed by atoms with Gasteiger partial charge in [-0.05, 0) is 66.2 Å². The normalized spacial score (nSPS) is 10.7. The molecule has 0 aromatic heterocycles. The Morgan fingerprint density at radius 2 is 1.59 bits per heavy atom. The van der Waals surface area contributed by atoms with Crippen LogP contribution < -0.4 is 4.74 Å². The molecule has 0 saturated heterocycles. The second kappa shape index (κ2) is 8.01. The zero-order valence-electron chi connectivity index (χ0n) is 13.9. The van der Waals surface area contributed by atoms with E-state index in [4.69, 9.17) is 4.74 Å². The summed E-state index contributed by atoms with van der Waals surface area (Å²) < 4.78 is 18.1. The van der Waals surface area contributed by atoms with Gasteiger partial charge < -0.3 is 4.74 Å². The molecular weight excluding hydrogens is 351 g/mol. The van der Waals surface area contributed by atoms with Crippen molar-refractivity contribution in [2.24, 2.45) is 4.99 Å². The minimum Gasteiger partial charge on any atom is -0.423 e. The maximum atomic E-state index is 12.9. The van der Waals surface area contributed by atoms with Crippen LogP contribution in [-0.4, -0.2) is 17.1 Å². The van der Waals surface area contributed by atoms with Gasteiger partial charge >= 0.3 is 5.97 Å². The van der Waals surface area contributed by atoms with Gasteiger partial charge in [-0.2, -0.15) is 0 Å². The molecule has 0 N–H and O–H groups in total. The predicted molar refractivity (Wildman–Crippen MR) is 98.2 cm³/mol. The van der Waals surface area contributed by atoms with Gasteiger partial charge in [0.25, 0.3) is 5.69 Å². The van der Waals surface area contributed by atoms with Crippen molar-refractivity contribution >= 4 is 23.6 Å². The van der Waals surface area contributed by atoms with E-state index in [1.807, 2.05) is 0 Å². The number of carbonyl (C=O) groups is 1. The zero-order chi connectivity index (χ0) is 19.2. The average molecular weight is 364 g/mol. The Labute approximate surface area is 153 Å². The van der Waals surface area contributed by atoms with Crippen LogP contribution in [0.1, 0.15) is 15.9 Å². The van der Waals surface area contributed by atoms with Crippen LogP contribution in [-0.2, 0) is 0 Å². The minimum absolute atomic E-state index is 0.101. The van der Waals surface area contributed by atoms with Crippen molar-refractivity contribution in [3.8, 4) is 5.75 Å². The monoisotopic (exact) mass is 364 g/mol. The largest absolute Gasteiger partial charge is 0.423 e. The Morgan fingerprint density at radius 1 is 0.963 bits per heavy atom. The van der Waals surface area contributed by atoms with E-state index in [9.17, 15) is 19.3 Å². The third kappa shape index (κ3) is 4.82. The molecule has 0 aliphatic carbocycles. The molecule has 0 radical (unpaired) electrons. The number of non-ortho nitro benzene ring substituents is 1. The maximum absolute atomic E-state index is 12.9. The number of esters is 1. The summed E-state index contributed by atoms with van der Waals surface area (Å²) in [6, 6.07) is 17.6. The fourth-order valence-electron chi connectivity index (χ4n) is 2.18. The number of hydrogen-bond acceptors (Lipinski definition) is 5. The summed E-state index contributed by atoms with van der Waals surface area (Å²) >= 11 is 0. The number of hydrogen-bond donors (Lipinski definition) is 0. The summed E-state index contributed by atoms with van der Waals surface area (Å²) in [5.41, 5.74) is 1.50. The van der Waals surface area contributed by atoms with Crippen LogP contribution in [0.5, 0.6) is 5.75 Å². The molecule has 0 bridgehead atoms. The van der Waals surface area contributed by atoms with Gasteiger partial charge in [0.1, 0.15) is 11.6 Å². The van der Waals surface area contributed by atoms with Gasteiger partial charge in [0.15, 0.2) is 0 Å². The van der Waals surface area contributed by atoms with E-state index >= 15 is 0 Å². The van der Waals surface area contributed by atoms with Gasteiger partial charge in [-0.25, -0.2) is 9.18 Å². The van der Waals surface area contributed by atoms with Gasteiger partial charge in [-0.3, -0.25) is 15.1 Å². The van der Waals surface area contributed by atoms with Gasteiger partial charge in [0.2, 0.25) is 0 Å². The zero-order valence-corrected chi connectivity index (χ0v) is 13.9. The number of aliphatic imine (C=N–C) groups is 1. The van der Waals surface area contributed by atoms with E-state index in [1.54, 1.807) is 42.6 Å². The molecule has 0 fully saturated rings. The first-order valence-electron chi connectivity index (χ1n) is 7.87. The van der Waals surface area contributed by atoms with Gasteiger partial charge in [0.05, 0.1) is 16.2 Å². The lowest BCUT2D eigenvalue weighted by Crippen LogP contribution is -2.08. The van der Waals surface area contributed by atoms with E-state index in [1.165, 1.54) is 36.4 Å². The van der Waals surface area contributed by atoms with Crippen molar-refractivity contribution in [1.82, 2.24) is 0 Å². The topological polar surface area (TPSA) is 81.8 Å². The van der Waals surface area contributed by atoms with Crippen molar-refractivity contribution < 1.29 is 18.8 Å². The van der Waals surface area contributed by atoms with Crippen molar-refractivity contribution in [3.63, 3.8) is 0 Å². The highest BCUT2D eigenvalue weighted by Crippen LogP contribution is 2.17. The molecule has 134 valence electrons. The Hall–Kier alpha value is -3.87. The highest BCUT2D eigenvalue weighted by atomic mass is 19.1. The van der Waals surface area contributed by atoms with Crippen molar-refractivity contribution in [3.05, 3.63) is 99.9 Å². The second-order valence-corrected chi connectivity index (χ2v) is 5.50. The minimum atomic E-state index is -0.613. The molecule has 0 heterocycles. The molecule has 6 nitrogen and oxygen atoms in total. The average Bonchev–Trinajstić information content (AvgIpc) is 2.68. The maximum Gasteiger partial charge on any atom is 0.343 e. The number of nitro benzene ring substituents is 1. The summed E-state index contributed by atoms with van der Waals surface area (Å²) in [4.78, 5) is 26.4. The van der Waals surface area contributed by atoms with Crippen LogP contribution >= 0.6 is 0 Å². The molecule has 27 heavy (non-hydrogen) atoms. The first-order valence-corrected chi connectivity index (χ1v) is 7.87. The number of ether oxygens (including phenoxy) is 1. The smallest absolute Gasteiger partial charge is 0.343 e. The summed E-state index contributed by atoms with van der Waals surface area (Å²) in [5.74, 6) is -0.608. The number of carbonyl (C=O) groups excluding carboxylic acids is 1. The first kappa shape index (κ1) is 17.9. The Kier molecular flexibility index (Phi) is 5.32. The summed E-state index contributed by atoms with van der Waals surface area (Å²) in [5, 5.41) is 10.6. The van der Waals surface area contributed by atoms with Crippen molar-refractivity contribution in [1.29, 1.82) is 0 Å². The summed E-state index contributed by atoms with van der Waals surface area (Å²) in [7, 11) is 0. The summed E-state index contributed by atoms with van der Waals surface area (Å²) in [6.45, 7) is 0. The summed E-state index contributed by atoms with van der Waals surface area (Å²) in [6.07, 6.45) is 1.61. The molecule has 3 aromatic rings. The Bertz CT molecular complexity index is 982. The Balaban J connectivity index is 1.63. The van der Waals surface area contributed by atoms with Crippen LogP contribution in [0.25, 0.3) is 0 Å². The number of halogens is 1. The van der Waals surface area contributed by atoms with E-state index < -0.39 is 10.9 Å². The van der Waals surface area contributed by atoms with Crippen molar-refractivity contribution in [2.75, 3.05) is 0 Å². The molecular formula is C20H13FN2O4. The molecule has 0 aliphatic rings. The fourth-order valence-corrected chi connectivity index (χ4v) is 2.18. The first-order chi connectivity index (χ1) is 13.0. The number of benzene rings is 3. The lowest BCUT2D eigenvalue weighted by atomic mass is 10.2. The number of nitrogens with zero attached hydrogens (tertiary/aromatic N) is 2. The molecule has 0 saturated carbocycles.